The van der Waals surface area contributed by atoms with Gasteiger partial charge in [0, 0.05) is 32.6 Å². The van der Waals surface area contributed by atoms with Crippen LogP contribution in [0, 0.1) is 5.92 Å². The quantitative estimate of drug-likeness (QED) is 0.818. The fraction of sp³-hybridized carbons (Fsp3) is 0.619. The summed E-state index contributed by atoms with van der Waals surface area (Å²) in [5.41, 5.74) is 8.05. The predicted octanol–water partition coefficient (Wildman–Crippen LogP) is 2.23. The first-order valence-corrected chi connectivity index (χ1v) is 9.66. The van der Waals surface area contributed by atoms with Crippen LogP contribution in [0.4, 0.5) is 0 Å². The lowest BCUT2D eigenvalue weighted by Crippen LogP contribution is -2.46. The average molecular weight is 360 g/mol. The van der Waals surface area contributed by atoms with Gasteiger partial charge in [-0.1, -0.05) is 45.0 Å². The molecule has 1 unspecified atom stereocenters. The van der Waals surface area contributed by atoms with Crippen molar-refractivity contribution in [2.24, 2.45) is 11.7 Å². The summed E-state index contributed by atoms with van der Waals surface area (Å²) in [5.74, 6) is 0.0530. The maximum Gasteiger partial charge on any atom is 0.224 e. The van der Waals surface area contributed by atoms with Crippen LogP contribution < -0.4 is 11.1 Å². The van der Waals surface area contributed by atoms with E-state index in [1.807, 2.05) is 4.90 Å². The molecule has 3 N–H and O–H groups in total. The molecule has 5 nitrogen and oxygen atoms in total. The van der Waals surface area contributed by atoms with E-state index in [-0.39, 0.29) is 23.1 Å². The number of amides is 2. The Morgan fingerprint density at radius 1 is 1.23 bits per heavy atom. The minimum atomic E-state index is -0.106. The molecular formula is C21H33N3O2. The van der Waals surface area contributed by atoms with Crippen molar-refractivity contribution in [2.75, 3.05) is 26.2 Å². The molecule has 0 aromatic heterocycles. The standard InChI is InChI=1S/C21H33N3O2/c1-21(2,3)18-9-6-16(7-10-18)8-11-19(25)24-14-4-5-17(15-24)20(26)23-13-12-22/h6-7,9-10,17H,4-5,8,11-15,22H2,1-3H3,(H,23,26). The number of likely N-dealkylation sites (tertiary alicyclic amines) is 1. The van der Waals surface area contributed by atoms with Gasteiger partial charge in [0.25, 0.3) is 0 Å². The predicted molar refractivity (Wildman–Crippen MR) is 105 cm³/mol. The fourth-order valence-corrected chi connectivity index (χ4v) is 3.34. The van der Waals surface area contributed by atoms with E-state index in [2.05, 4.69) is 50.4 Å². The van der Waals surface area contributed by atoms with Crippen LogP contribution in [0.5, 0.6) is 0 Å². The third kappa shape index (κ3) is 5.84. The van der Waals surface area contributed by atoms with Crippen molar-refractivity contribution in [3.8, 4) is 0 Å². The fourth-order valence-electron chi connectivity index (χ4n) is 3.34. The number of rotatable bonds is 6. The number of hydrogen-bond donors (Lipinski definition) is 2. The minimum absolute atomic E-state index is 0.0192. The van der Waals surface area contributed by atoms with Crippen molar-refractivity contribution < 1.29 is 9.59 Å². The van der Waals surface area contributed by atoms with Crippen LogP contribution in [-0.4, -0.2) is 42.9 Å². The minimum Gasteiger partial charge on any atom is -0.355 e. The Morgan fingerprint density at radius 2 is 1.92 bits per heavy atom. The normalized spacial score (nSPS) is 17.8. The van der Waals surface area contributed by atoms with Gasteiger partial charge in [0.2, 0.25) is 11.8 Å². The molecule has 2 amide bonds. The lowest BCUT2D eigenvalue weighted by atomic mass is 9.86. The lowest BCUT2D eigenvalue weighted by molar-refractivity contribution is -0.135. The van der Waals surface area contributed by atoms with E-state index in [0.29, 0.717) is 26.1 Å². The molecule has 0 aliphatic carbocycles. The van der Waals surface area contributed by atoms with Crippen LogP contribution in [0.2, 0.25) is 0 Å². The molecule has 1 atom stereocenters. The summed E-state index contributed by atoms with van der Waals surface area (Å²) >= 11 is 0. The van der Waals surface area contributed by atoms with Crippen LogP contribution >= 0.6 is 0 Å². The van der Waals surface area contributed by atoms with Gasteiger partial charge in [-0.2, -0.15) is 0 Å². The van der Waals surface area contributed by atoms with Crippen molar-refractivity contribution >= 4 is 11.8 Å². The molecule has 1 aliphatic heterocycles. The van der Waals surface area contributed by atoms with Gasteiger partial charge >= 0.3 is 0 Å². The van der Waals surface area contributed by atoms with E-state index >= 15 is 0 Å². The van der Waals surface area contributed by atoms with Crippen molar-refractivity contribution in [1.82, 2.24) is 10.2 Å². The molecule has 1 saturated heterocycles. The molecule has 0 saturated carbocycles. The number of piperidine rings is 1. The van der Waals surface area contributed by atoms with Gasteiger partial charge in [0.1, 0.15) is 0 Å². The third-order valence-electron chi connectivity index (χ3n) is 5.04. The molecule has 1 heterocycles. The molecular weight excluding hydrogens is 326 g/mol. The zero-order chi connectivity index (χ0) is 19.2. The highest BCUT2D eigenvalue weighted by Crippen LogP contribution is 2.23. The Labute approximate surface area is 157 Å². The molecule has 2 rings (SSSR count). The Morgan fingerprint density at radius 3 is 2.54 bits per heavy atom. The summed E-state index contributed by atoms with van der Waals surface area (Å²) in [4.78, 5) is 26.5. The number of aryl methyl sites for hydroxylation is 1. The van der Waals surface area contributed by atoms with E-state index in [9.17, 15) is 9.59 Å². The highest BCUT2D eigenvalue weighted by Gasteiger charge is 2.27. The smallest absolute Gasteiger partial charge is 0.224 e. The second kappa shape index (κ2) is 9.17. The zero-order valence-electron chi connectivity index (χ0n) is 16.4. The molecule has 144 valence electrons. The van der Waals surface area contributed by atoms with E-state index in [0.717, 1.165) is 25.8 Å². The molecule has 1 aromatic carbocycles. The van der Waals surface area contributed by atoms with E-state index in [1.54, 1.807) is 0 Å². The summed E-state index contributed by atoms with van der Waals surface area (Å²) in [6.45, 7) is 8.80. The van der Waals surface area contributed by atoms with Crippen LogP contribution in [0.3, 0.4) is 0 Å². The number of nitrogens with one attached hydrogen (secondary N) is 1. The van der Waals surface area contributed by atoms with E-state index in [1.165, 1.54) is 11.1 Å². The van der Waals surface area contributed by atoms with Crippen LogP contribution in [-0.2, 0) is 21.4 Å². The second-order valence-corrected chi connectivity index (χ2v) is 8.21. The Balaban J connectivity index is 1.84. The largest absolute Gasteiger partial charge is 0.355 e. The van der Waals surface area contributed by atoms with Gasteiger partial charge in [-0.3, -0.25) is 9.59 Å². The summed E-state index contributed by atoms with van der Waals surface area (Å²) in [7, 11) is 0. The number of hydrogen-bond acceptors (Lipinski definition) is 3. The van der Waals surface area contributed by atoms with Crippen molar-refractivity contribution in [2.45, 2.75) is 51.9 Å². The molecule has 0 spiro atoms. The third-order valence-corrected chi connectivity index (χ3v) is 5.04. The first-order valence-electron chi connectivity index (χ1n) is 9.66. The van der Waals surface area contributed by atoms with Crippen LogP contribution in [0.15, 0.2) is 24.3 Å². The van der Waals surface area contributed by atoms with Gasteiger partial charge in [-0.15, -0.1) is 0 Å². The summed E-state index contributed by atoms with van der Waals surface area (Å²) in [6, 6.07) is 8.54. The Kier molecular flexibility index (Phi) is 7.21. The van der Waals surface area contributed by atoms with Gasteiger partial charge in [-0.25, -0.2) is 0 Å². The van der Waals surface area contributed by atoms with Gasteiger partial charge in [0.05, 0.1) is 5.92 Å². The number of nitrogens with zero attached hydrogens (tertiary/aromatic N) is 1. The first-order chi connectivity index (χ1) is 12.3. The number of nitrogens with two attached hydrogens (primary N) is 1. The first kappa shape index (κ1) is 20.4. The number of carbonyl (C=O) groups excluding carboxylic acids is 2. The SMILES string of the molecule is CC(C)(C)c1ccc(CCC(=O)N2CCCC(C(=O)NCCN)C2)cc1. The maximum absolute atomic E-state index is 12.6. The number of benzene rings is 1. The second-order valence-electron chi connectivity index (χ2n) is 8.21. The molecule has 0 radical (unpaired) electrons. The molecule has 0 bridgehead atoms. The monoisotopic (exact) mass is 359 g/mol. The van der Waals surface area contributed by atoms with Gasteiger partial charge in [-0.05, 0) is 35.8 Å². The van der Waals surface area contributed by atoms with Crippen LogP contribution in [0.1, 0.15) is 51.2 Å². The number of carbonyl (C=O) groups is 2. The van der Waals surface area contributed by atoms with Crippen molar-refractivity contribution in [1.29, 1.82) is 0 Å². The maximum atomic E-state index is 12.6. The van der Waals surface area contributed by atoms with Crippen molar-refractivity contribution in [3.05, 3.63) is 35.4 Å². The van der Waals surface area contributed by atoms with E-state index < -0.39 is 0 Å². The summed E-state index contributed by atoms with van der Waals surface area (Å²) in [6.07, 6.45) is 2.96. The summed E-state index contributed by atoms with van der Waals surface area (Å²) in [5, 5.41) is 2.83. The molecule has 5 heteroatoms. The highest BCUT2D eigenvalue weighted by molar-refractivity contribution is 5.81. The Hall–Kier alpha value is -1.88. The lowest BCUT2D eigenvalue weighted by Gasteiger charge is -2.32. The van der Waals surface area contributed by atoms with Gasteiger partial charge in [0.15, 0.2) is 0 Å². The highest BCUT2D eigenvalue weighted by atomic mass is 16.2. The Bertz CT molecular complexity index is 605. The molecule has 1 aliphatic rings. The summed E-state index contributed by atoms with van der Waals surface area (Å²) < 4.78 is 0. The molecule has 26 heavy (non-hydrogen) atoms. The van der Waals surface area contributed by atoms with Crippen LogP contribution in [0.25, 0.3) is 0 Å². The molecule has 1 aromatic rings. The van der Waals surface area contributed by atoms with Crippen molar-refractivity contribution in [3.63, 3.8) is 0 Å². The molecule has 1 fully saturated rings. The zero-order valence-corrected chi connectivity index (χ0v) is 16.4. The van der Waals surface area contributed by atoms with Gasteiger partial charge < -0.3 is 16.0 Å². The van der Waals surface area contributed by atoms with E-state index in [4.69, 9.17) is 5.73 Å². The topological polar surface area (TPSA) is 75.4 Å². The average Bonchev–Trinajstić information content (AvgIpc) is 2.63.